The number of hydrogen-bond acceptors (Lipinski definition) is 4. The summed E-state index contributed by atoms with van der Waals surface area (Å²) in [6.07, 6.45) is 4.02. The highest BCUT2D eigenvalue weighted by atomic mass is 16.5. The van der Waals surface area contributed by atoms with Gasteiger partial charge in [-0.15, -0.1) is 0 Å². The van der Waals surface area contributed by atoms with Crippen LogP contribution in [0.5, 0.6) is 0 Å². The van der Waals surface area contributed by atoms with E-state index in [0.29, 0.717) is 11.6 Å². The molecule has 0 unspecified atom stereocenters. The molecule has 23 heavy (non-hydrogen) atoms. The average molecular weight is 308 g/mol. The molecule has 2 aromatic heterocycles. The van der Waals surface area contributed by atoms with Crippen molar-refractivity contribution in [1.29, 1.82) is 0 Å². The Morgan fingerprint density at radius 3 is 2.87 bits per heavy atom. The molecular formula is C17H16N4O2. The van der Waals surface area contributed by atoms with Gasteiger partial charge in [0, 0.05) is 11.1 Å². The number of aromatic amines is 1. The van der Waals surface area contributed by atoms with E-state index in [4.69, 9.17) is 4.52 Å². The number of rotatable bonds is 3. The third kappa shape index (κ3) is 2.63. The molecule has 0 atom stereocenters. The smallest absolute Gasteiger partial charge is 0.276 e. The number of anilines is 1. The molecule has 2 heterocycles. The van der Waals surface area contributed by atoms with Gasteiger partial charge in [-0.05, 0) is 31.7 Å². The first-order valence-electron chi connectivity index (χ1n) is 7.71. The number of H-pyrrole nitrogens is 1. The van der Waals surface area contributed by atoms with Gasteiger partial charge in [0.15, 0.2) is 0 Å². The van der Waals surface area contributed by atoms with E-state index in [1.807, 2.05) is 30.3 Å². The summed E-state index contributed by atoms with van der Waals surface area (Å²) in [6, 6.07) is 11.4. The number of benzene rings is 1. The minimum Gasteiger partial charge on any atom is -0.338 e. The molecule has 0 bridgehead atoms. The predicted molar refractivity (Wildman–Crippen MR) is 85.1 cm³/mol. The molecule has 1 aliphatic carbocycles. The minimum absolute atomic E-state index is 0.274. The molecule has 0 radical (unpaired) electrons. The zero-order valence-electron chi connectivity index (χ0n) is 12.5. The first kappa shape index (κ1) is 13.8. The van der Waals surface area contributed by atoms with Crippen LogP contribution in [-0.2, 0) is 12.8 Å². The van der Waals surface area contributed by atoms with Gasteiger partial charge in [-0.1, -0.05) is 35.5 Å². The van der Waals surface area contributed by atoms with Gasteiger partial charge in [-0.2, -0.15) is 5.10 Å². The summed E-state index contributed by atoms with van der Waals surface area (Å²) < 4.78 is 5.28. The number of nitrogens with zero attached hydrogens (tertiary/aromatic N) is 2. The highest BCUT2D eigenvalue weighted by Crippen LogP contribution is 2.28. The standard InChI is InChI=1S/C17H16N4O2/c22-16(18-17-12-8-4-5-9-13(12)21-23-17)15-10-14(19-20-15)11-6-2-1-3-7-11/h1-3,6-7,10H,4-5,8-9H2,(H,18,22)(H,19,20). The zero-order valence-corrected chi connectivity index (χ0v) is 12.5. The molecule has 2 N–H and O–H groups in total. The highest BCUT2D eigenvalue weighted by Gasteiger charge is 2.21. The lowest BCUT2D eigenvalue weighted by molar-refractivity contribution is 0.101. The van der Waals surface area contributed by atoms with Crippen molar-refractivity contribution >= 4 is 11.8 Å². The molecule has 0 saturated carbocycles. The fraction of sp³-hybridized carbons (Fsp3) is 0.235. The molecule has 1 aliphatic rings. The molecule has 0 aliphatic heterocycles. The number of carbonyl (C=O) groups is 1. The molecule has 3 aromatic rings. The lowest BCUT2D eigenvalue weighted by Crippen LogP contribution is -2.14. The number of aromatic nitrogens is 3. The normalized spacial score (nSPS) is 13.6. The van der Waals surface area contributed by atoms with E-state index in [1.54, 1.807) is 6.07 Å². The maximum atomic E-state index is 12.4. The molecule has 0 spiro atoms. The molecule has 6 nitrogen and oxygen atoms in total. The van der Waals surface area contributed by atoms with E-state index in [-0.39, 0.29) is 5.91 Å². The lowest BCUT2D eigenvalue weighted by Gasteiger charge is -2.09. The second-order valence-corrected chi connectivity index (χ2v) is 5.63. The van der Waals surface area contributed by atoms with Gasteiger partial charge >= 0.3 is 0 Å². The lowest BCUT2D eigenvalue weighted by atomic mass is 9.98. The summed E-state index contributed by atoms with van der Waals surface area (Å²) in [6.45, 7) is 0. The highest BCUT2D eigenvalue weighted by molar-refractivity contribution is 6.03. The number of fused-ring (bicyclic) bond motifs is 1. The van der Waals surface area contributed by atoms with E-state index in [2.05, 4.69) is 20.7 Å². The first-order valence-corrected chi connectivity index (χ1v) is 7.71. The van der Waals surface area contributed by atoms with Crippen LogP contribution in [0, 0.1) is 0 Å². The Morgan fingerprint density at radius 2 is 2.00 bits per heavy atom. The van der Waals surface area contributed by atoms with Crippen molar-refractivity contribution in [3.05, 3.63) is 53.3 Å². The van der Waals surface area contributed by atoms with Crippen LogP contribution in [0.1, 0.15) is 34.6 Å². The van der Waals surface area contributed by atoms with Gasteiger partial charge < -0.3 is 4.52 Å². The Morgan fingerprint density at radius 1 is 1.17 bits per heavy atom. The third-order valence-corrected chi connectivity index (χ3v) is 4.08. The number of carbonyl (C=O) groups excluding carboxylic acids is 1. The van der Waals surface area contributed by atoms with Crippen molar-refractivity contribution in [2.75, 3.05) is 5.32 Å². The van der Waals surface area contributed by atoms with E-state index < -0.39 is 0 Å². The van der Waals surface area contributed by atoms with Crippen molar-refractivity contribution in [2.24, 2.45) is 0 Å². The molecule has 1 aromatic carbocycles. The largest absolute Gasteiger partial charge is 0.338 e. The molecule has 4 rings (SSSR count). The van der Waals surface area contributed by atoms with Gasteiger partial charge in [0.1, 0.15) is 5.69 Å². The SMILES string of the molecule is O=C(Nc1onc2c1CCCC2)c1cc(-c2ccccc2)n[nH]1. The fourth-order valence-corrected chi connectivity index (χ4v) is 2.85. The molecule has 0 saturated heterocycles. The van der Waals surface area contributed by atoms with Crippen LogP contribution in [0.2, 0.25) is 0 Å². The Balaban J connectivity index is 1.54. The third-order valence-electron chi connectivity index (χ3n) is 4.08. The fourth-order valence-electron chi connectivity index (χ4n) is 2.85. The Hall–Kier alpha value is -2.89. The number of amides is 1. The van der Waals surface area contributed by atoms with E-state index in [9.17, 15) is 4.79 Å². The average Bonchev–Trinajstić information content (AvgIpc) is 3.24. The van der Waals surface area contributed by atoms with Crippen LogP contribution in [0.4, 0.5) is 5.88 Å². The summed E-state index contributed by atoms with van der Waals surface area (Å²) in [5, 5.41) is 13.8. The molecular weight excluding hydrogens is 292 g/mol. The maximum Gasteiger partial charge on any atom is 0.276 e. The van der Waals surface area contributed by atoms with Crippen molar-refractivity contribution in [3.63, 3.8) is 0 Å². The van der Waals surface area contributed by atoms with Crippen molar-refractivity contribution < 1.29 is 9.32 Å². The van der Waals surface area contributed by atoms with Gasteiger partial charge in [-0.25, -0.2) is 0 Å². The number of aryl methyl sites for hydroxylation is 1. The summed E-state index contributed by atoms with van der Waals surface area (Å²) in [7, 11) is 0. The zero-order chi connectivity index (χ0) is 15.6. The van der Waals surface area contributed by atoms with Crippen molar-refractivity contribution in [2.45, 2.75) is 25.7 Å². The molecule has 1 amide bonds. The molecule has 6 heteroatoms. The molecule has 0 fully saturated rings. The summed E-state index contributed by atoms with van der Waals surface area (Å²) >= 11 is 0. The quantitative estimate of drug-likeness (QED) is 0.778. The summed E-state index contributed by atoms with van der Waals surface area (Å²) in [5.74, 6) is 0.185. The Kier molecular flexibility index (Phi) is 3.42. The van der Waals surface area contributed by atoms with Crippen LogP contribution in [0.25, 0.3) is 11.3 Å². The Bertz CT molecular complexity index is 835. The van der Waals surface area contributed by atoms with E-state index >= 15 is 0 Å². The monoisotopic (exact) mass is 308 g/mol. The number of hydrogen-bond donors (Lipinski definition) is 2. The topological polar surface area (TPSA) is 83.8 Å². The van der Waals surface area contributed by atoms with Gasteiger partial charge in [-0.3, -0.25) is 15.2 Å². The van der Waals surface area contributed by atoms with E-state index in [0.717, 1.165) is 48.2 Å². The van der Waals surface area contributed by atoms with Crippen LogP contribution in [0.15, 0.2) is 40.9 Å². The van der Waals surface area contributed by atoms with Gasteiger partial charge in [0.25, 0.3) is 5.91 Å². The van der Waals surface area contributed by atoms with Crippen molar-refractivity contribution in [1.82, 2.24) is 15.4 Å². The maximum absolute atomic E-state index is 12.4. The Labute approximate surface area is 132 Å². The summed E-state index contributed by atoms with van der Waals surface area (Å²) in [5.41, 5.74) is 4.06. The van der Waals surface area contributed by atoms with Crippen LogP contribution in [0.3, 0.4) is 0 Å². The number of nitrogens with one attached hydrogen (secondary N) is 2. The second kappa shape index (κ2) is 5.72. The predicted octanol–water partition coefficient (Wildman–Crippen LogP) is 3.20. The van der Waals surface area contributed by atoms with Crippen LogP contribution in [-0.4, -0.2) is 21.3 Å². The van der Waals surface area contributed by atoms with Crippen LogP contribution >= 0.6 is 0 Å². The van der Waals surface area contributed by atoms with E-state index in [1.165, 1.54) is 0 Å². The van der Waals surface area contributed by atoms with Crippen LogP contribution < -0.4 is 5.32 Å². The van der Waals surface area contributed by atoms with Gasteiger partial charge in [0.05, 0.1) is 11.4 Å². The van der Waals surface area contributed by atoms with Gasteiger partial charge in [0.2, 0.25) is 5.88 Å². The second-order valence-electron chi connectivity index (χ2n) is 5.63. The first-order chi connectivity index (χ1) is 11.3. The van der Waals surface area contributed by atoms with Crippen molar-refractivity contribution in [3.8, 4) is 11.3 Å². The minimum atomic E-state index is -0.274. The summed E-state index contributed by atoms with van der Waals surface area (Å²) in [4.78, 5) is 12.4. The molecule has 116 valence electrons.